The SMILES string of the molecule is Cc1noc(C)c1N(C)CCCc1ccccc1. The van der Waals surface area contributed by atoms with Crippen LogP contribution in [0.3, 0.4) is 0 Å². The minimum absolute atomic E-state index is 0.898. The summed E-state index contributed by atoms with van der Waals surface area (Å²) in [4.78, 5) is 2.23. The van der Waals surface area contributed by atoms with E-state index in [4.69, 9.17) is 4.52 Å². The van der Waals surface area contributed by atoms with Crippen LogP contribution in [0, 0.1) is 13.8 Å². The summed E-state index contributed by atoms with van der Waals surface area (Å²) in [5, 5.41) is 3.99. The highest BCUT2D eigenvalue weighted by Crippen LogP contribution is 2.22. The van der Waals surface area contributed by atoms with Crippen molar-refractivity contribution in [2.75, 3.05) is 18.5 Å². The second-order valence-corrected chi connectivity index (χ2v) is 4.68. The lowest BCUT2D eigenvalue weighted by Gasteiger charge is -2.18. The molecule has 0 spiro atoms. The Morgan fingerprint density at radius 2 is 1.89 bits per heavy atom. The first kappa shape index (κ1) is 12.7. The second kappa shape index (κ2) is 5.71. The summed E-state index contributed by atoms with van der Waals surface area (Å²) in [6.07, 6.45) is 2.24. The fraction of sp³-hybridized carbons (Fsp3) is 0.400. The maximum atomic E-state index is 5.19. The molecule has 1 aromatic heterocycles. The lowest BCUT2D eigenvalue weighted by molar-refractivity contribution is 0.393. The van der Waals surface area contributed by atoms with Gasteiger partial charge in [-0.2, -0.15) is 0 Å². The van der Waals surface area contributed by atoms with Crippen LogP contribution < -0.4 is 4.90 Å². The molecular formula is C15H20N2O. The molecule has 0 amide bonds. The van der Waals surface area contributed by atoms with Crippen LogP contribution in [0.5, 0.6) is 0 Å². The number of hydrogen-bond donors (Lipinski definition) is 0. The van der Waals surface area contributed by atoms with Gasteiger partial charge in [0.25, 0.3) is 0 Å². The molecule has 2 rings (SSSR count). The van der Waals surface area contributed by atoms with Gasteiger partial charge in [0.05, 0.1) is 0 Å². The Morgan fingerprint density at radius 3 is 2.50 bits per heavy atom. The van der Waals surface area contributed by atoms with E-state index in [9.17, 15) is 0 Å². The highest BCUT2D eigenvalue weighted by Gasteiger charge is 2.12. The highest BCUT2D eigenvalue weighted by atomic mass is 16.5. The standard InChI is InChI=1S/C15H20N2O/c1-12-15(13(2)18-16-12)17(3)11-7-10-14-8-5-4-6-9-14/h4-6,8-9H,7,10-11H2,1-3H3. The third-order valence-electron chi connectivity index (χ3n) is 3.18. The maximum absolute atomic E-state index is 5.19. The van der Waals surface area contributed by atoms with Crippen molar-refractivity contribution in [1.82, 2.24) is 5.16 Å². The number of benzene rings is 1. The van der Waals surface area contributed by atoms with Crippen LogP contribution >= 0.6 is 0 Å². The van der Waals surface area contributed by atoms with Gasteiger partial charge in [0, 0.05) is 13.6 Å². The molecule has 0 saturated carbocycles. The van der Waals surface area contributed by atoms with Crippen LogP contribution in [0.25, 0.3) is 0 Å². The van der Waals surface area contributed by atoms with E-state index in [1.807, 2.05) is 13.8 Å². The highest BCUT2D eigenvalue weighted by molar-refractivity contribution is 5.52. The lowest BCUT2D eigenvalue weighted by Crippen LogP contribution is -2.20. The molecule has 0 aliphatic rings. The molecule has 0 atom stereocenters. The zero-order valence-electron chi connectivity index (χ0n) is 11.3. The third kappa shape index (κ3) is 2.92. The van der Waals surface area contributed by atoms with E-state index in [1.54, 1.807) is 0 Å². The molecule has 96 valence electrons. The van der Waals surface area contributed by atoms with E-state index in [0.717, 1.165) is 36.5 Å². The molecule has 0 radical (unpaired) electrons. The van der Waals surface area contributed by atoms with Gasteiger partial charge in [-0.25, -0.2) is 0 Å². The first-order valence-corrected chi connectivity index (χ1v) is 6.36. The first-order valence-electron chi connectivity index (χ1n) is 6.36. The molecule has 0 bridgehead atoms. The molecule has 0 fully saturated rings. The number of hydrogen-bond acceptors (Lipinski definition) is 3. The molecule has 3 heteroatoms. The Balaban J connectivity index is 1.88. The van der Waals surface area contributed by atoms with E-state index >= 15 is 0 Å². The van der Waals surface area contributed by atoms with E-state index in [-0.39, 0.29) is 0 Å². The number of aryl methyl sites for hydroxylation is 3. The normalized spacial score (nSPS) is 10.6. The minimum Gasteiger partial charge on any atom is -0.370 e. The summed E-state index contributed by atoms with van der Waals surface area (Å²) >= 11 is 0. The molecule has 0 aliphatic carbocycles. The lowest BCUT2D eigenvalue weighted by atomic mass is 10.1. The van der Waals surface area contributed by atoms with Crippen molar-refractivity contribution in [3.05, 3.63) is 47.3 Å². The summed E-state index contributed by atoms with van der Waals surface area (Å²) in [5.74, 6) is 0.898. The topological polar surface area (TPSA) is 29.3 Å². The van der Waals surface area contributed by atoms with Crippen molar-refractivity contribution in [3.8, 4) is 0 Å². The third-order valence-corrected chi connectivity index (χ3v) is 3.18. The van der Waals surface area contributed by atoms with Gasteiger partial charge in [0.1, 0.15) is 11.4 Å². The van der Waals surface area contributed by atoms with Crippen LogP contribution in [0.15, 0.2) is 34.9 Å². The van der Waals surface area contributed by atoms with E-state index in [0.29, 0.717) is 0 Å². The predicted octanol–water partition coefficient (Wildman–Crippen LogP) is 3.36. The van der Waals surface area contributed by atoms with Gasteiger partial charge in [0.2, 0.25) is 0 Å². The van der Waals surface area contributed by atoms with Crippen LogP contribution in [0.2, 0.25) is 0 Å². The van der Waals surface area contributed by atoms with Crippen molar-refractivity contribution in [3.63, 3.8) is 0 Å². The van der Waals surface area contributed by atoms with Crippen molar-refractivity contribution in [1.29, 1.82) is 0 Å². The zero-order valence-corrected chi connectivity index (χ0v) is 11.3. The Bertz CT molecular complexity index is 471. The Hall–Kier alpha value is -1.77. The van der Waals surface area contributed by atoms with Gasteiger partial charge >= 0.3 is 0 Å². The molecule has 0 aliphatic heterocycles. The number of rotatable bonds is 5. The summed E-state index contributed by atoms with van der Waals surface area (Å²) in [7, 11) is 2.09. The smallest absolute Gasteiger partial charge is 0.157 e. The van der Waals surface area contributed by atoms with Crippen molar-refractivity contribution in [2.45, 2.75) is 26.7 Å². The van der Waals surface area contributed by atoms with Crippen LogP contribution in [-0.2, 0) is 6.42 Å². The maximum Gasteiger partial charge on any atom is 0.157 e. The van der Waals surface area contributed by atoms with E-state index in [2.05, 4.69) is 47.4 Å². The van der Waals surface area contributed by atoms with Crippen LogP contribution in [0.1, 0.15) is 23.4 Å². The molecule has 3 nitrogen and oxygen atoms in total. The molecule has 18 heavy (non-hydrogen) atoms. The summed E-state index contributed by atoms with van der Waals surface area (Å²) in [5.41, 5.74) is 3.49. The van der Waals surface area contributed by atoms with Crippen molar-refractivity contribution >= 4 is 5.69 Å². The first-order chi connectivity index (χ1) is 8.68. The van der Waals surface area contributed by atoms with Crippen molar-refractivity contribution in [2.24, 2.45) is 0 Å². The number of anilines is 1. The molecule has 0 N–H and O–H groups in total. The van der Waals surface area contributed by atoms with E-state index < -0.39 is 0 Å². The Morgan fingerprint density at radius 1 is 1.17 bits per heavy atom. The van der Waals surface area contributed by atoms with E-state index in [1.165, 1.54) is 5.56 Å². The van der Waals surface area contributed by atoms with Gasteiger partial charge in [0.15, 0.2) is 5.76 Å². The van der Waals surface area contributed by atoms with Gasteiger partial charge < -0.3 is 9.42 Å². The van der Waals surface area contributed by atoms with Crippen molar-refractivity contribution < 1.29 is 4.52 Å². The quantitative estimate of drug-likeness (QED) is 0.807. The molecule has 2 aromatic rings. The summed E-state index contributed by atoms with van der Waals surface area (Å²) in [6.45, 7) is 4.96. The Labute approximate surface area is 108 Å². The molecular weight excluding hydrogens is 224 g/mol. The molecule has 1 aromatic carbocycles. The molecule has 1 heterocycles. The fourth-order valence-corrected chi connectivity index (χ4v) is 2.30. The van der Waals surface area contributed by atoms with Gasteiger partial charge in [-0.1, -0.05) is 35.5 Å². The molecule has 0 unspecified atom stereocenters. The number of aromatic nitrogens is 1. The fourth-order valence-electron chi connectivity index (χ4n) is 2.30. The van der Waals surface area contributed by atoms with Crippen LogP contribution in [-0.4, -0.2) is 18.7 Å². The summed E-state index contributed by atoms with van der Waals surface area (Å²) in [6, 6.07) is 10.6. The van der Waals surface area contributed by atoms with Gasteiger partial charge in [-0.15, -0.1) is 0 Å². The largest absolute Gasteiger partial charge is 0.370 e. The Kier molecular flexibility index (Phi) is 4.03. The average Bonchev–Trinajstić information content (AvgIpc) is 2.70. The molecule has 0 saturated heterocycles. The predicted molar refractivity (Wildman–Crippen MR) is 74.0 cm³/mol. The average molecular weight is 244 g/mol. The minimum atomic E-state index is 0.898. The van der Waals surface area contributed by atoms with Gasteiger partial charge in [-0.05, 0) is 32.3 Å². The number of nitrogens with zero attached hydrogens (tertiary/aromatic N) is 2. The zero-order chi connectivity index (χ0) is 13.0. The second-order valence-electron chi connectivity index (χ2n) is 4.68. The van der Waals surface area contributed by atoms with Gasteiger partial charge in [-0.3, -0.25) is 0 Å². The monoisotopic (exact) mass is 244 g/mol. The summed E-state index contributed by atoms with van der Waals surface area (Å²) < 4.78 is 5.19. The van der Waals surface area contributed by atoms with Crippen LogP contribution in [0.4, 0.5) is 5.69 Å².